The summed E-state index contributed by atoms with van der Waals surface area (Å²) >= 11 is 1.22. The third-order valence-electron chi connectivity index (χ3n) is 5.47. The van der Waals surface area contributed by atoms with Crippen molar-refractivity contribution in [3.63, 3.8) is 0 Å². The summed E-state index contributed by atoms with van der Waals surface area (Å²) in [4.78, 5) is 13.9. The van der Waals surface area contributed by atoms with Gasteiger partial charge in [-0.15, -0.1) is 0 Å². The lowest BCUT2D eigenvalue weighted by Crippen LogP contribution is -2.39. The van der Waals surface area contributed by atoms with Crippen LogP contribution in [0.2, 0.25) is 0 Å². The third-order valence-corrected chi connectivity index (χ3v) is 7.58. The largest absolute Gasteiger partial charge is 0.326 e. The van der Waals surface area contributed by atoms with Crippen molar-refractivity contribution in [3.8, 4) is 0 Å². The van der Waals surface area contributed by atoms with Gasteiger partial charge in [0.25, 0.3) is 5.24 Å². The van der Waals surface area contributed by atoms with Crippen LogP contribution in [0.3, 0.4) is 0 Å². The van der Waals surface area contributed by atoms with Crippen molar-refractivity contribution >= 4 is 44.1 Å². The fourth-order valence-electron chi connectivity index (χ4n) is 3.94. The quantitative estimate of drug-likeness (QED) is 0.540. The summed E-state index contributed by atoms with van der Waals surface area (Å²) in [6.45, 7) is 4.69. The van der Waals surface area contributed by atoms with E-state index in [2.05, 4.69) is 16.6 Å². The van der Waals surface area contributed by atoms with Crippen molar-refractivity contribution in [2.45, 2.75) is 36.3 Å². The number of hydrogen-bond donors (Lipinski definition) is 2. The first-order valence-corrected chi connectivity index (χ1v) is 12.6. The van der Waals surface area contributed by atoms with Crippen molar-refractivity contribution in [3.05, 3.63) is 59.2 Å². The number of anilines is 1. The van der Waals surface area contributed by atoms with E-state index in [1.807, 2.05) is 30.9 Å². The first-order valence-electron chi connectivity index (χ1n) is 9.93. The van der Waals surface area contributed by atoms with Crippen molar-refractivity contribution in [1.29, 1.82) is 5.41 Å². The van der Waals surface area contributed by atoms with Crippen molar-refractivity contribution in [2.24, 2.45) is 5.10 Å². The van der Waals surface area contributed by atoms with Gasteiger partial charge >= 0.3 is 0 Å². The Bertz CT molecular complexity index is 1200. The molecular weight excluding hydrogens is 432 g/mol. The topological polar surface area (TPSA) is 103 Å². The lowest BCUT2D eigenvalue weighted by molar-refractivity contribution is 0.260. The molecule has 31 heavy (non-hydrogen) atoms. The van der Waals surface area contributed by atoms with Crippen LogP contribution in [0.15, 0.2) is 52.5 Å². The van der Waals surface area contributed by atoms with Gasteiger partial charge in [-0.05, 0) is 74.2 Å². The van der Waals surface area contributed by atoms with E-state index < -0.39 is 14.6 Å². The molecule has 0 unspecified atom stereocenters. The molecule has 2 heterocycles. The average Bonchev–Trinajstić information content (AvgIpc) is 2.71. The van der Waals surface area contributed by atoms with E-state index in [9.17, 15) is 13.2 Å². The van der Waals surface area contributed by atoms with Gasteiger partial charge in [-0.2, -0.15) is 5.10 Å². The highest BCUT2D eigenvalue weighted by atomic mass is 32.2. The van der Waals surface area contributed by atoms with Gasteiger partial charge in [0, 0.05) is 24.1 Å². The summed E-state index contributed by atoms with van der Waals surface area (Å²) in [5, 5.41) is 12.9. The number of thioether (sulfide) groups is 1. The molecule has 0 bridgehead atoms. The number of fused-ring (bicyclic) bond motifs is 1. The summed E-state index contributed by atoms with van der Waals surface area (Å²) in [7, 11) is -3.27. The molecule has 0 radical (unpaired) electrons. The molecule has 2 aliphatic heterocycles. The van der Waals surface area contributed by atoms with Gasteiger partial charge in [0.1, 0.15) is 5.84 Å². The smallest absolute Gasteiger partial charge is 0.300 e. The van der Waals surface area contributed by atoms with Crippen LogP contribution in [0.1, 0.15) is 37.0 Å². The molecule has 0 aliphatic carbocycles. The molecule has 4 rings (SSSR count). The van der Waals surface area contributed by atoms with Gasteiger partial charge in [-0.1, -0.05) is 17.8 Å². The van der Waals surface area contributed by atoms with E-state index in [1.54, 1.807) is 24.3 Å². The number of nitrogens with zero attached hydrogens (tertiary/aromatic N) is 2. The predicted octanol–water partition coefficient (Wildman–Crippen LogP) is 3.81. The SMILES string of the molecule is CC1(C)SC(=O)NN=C1c1ccc2c(c1)CCCN2C(=N)c1ccc(S(C)(=O)=O)cc1. The number of nitrogens with one attached hydrogen (secondary N) is 2. The number of hydrazone groups is 1. The maximum Gasteiger partial charge on any atom is 0.300 e. The van der Waals surface area contributed by atoms with E-state index in [0.29, 0.717) is 11.4 Å². The molecule has 2 aliphatic rings. The van der Waals surface area contributed by atoms with Crippen molar-refractivity contribution in [1.82, 2.24) is 5.43 Å². The van der Waals surface area contributed by atoms with Crippen LogP contribution in [0.4, 0.5) is 10.5 Å². The molecule has 1 amide bonds. The van der Waals surface area contributed by atoms with E-state index in [0.717, 1.165) is 41.9 Å². The maximum absolute atomic E-state index is 11.7. The molecule has 0 aromatic heterocycles. The molecule has 9 heteroatoms. The van der Waals surface area contributed by atoms with Crippen molar-refractivity contribution in [2.75, 3.05) is 17.7 Å². The maximum atomic E-state index is 11.7. The van der Waals surface area contributed by atoms with E-state index in [1.165, 1.54) is 18.0 Å². The number of rotatable bonds is 3. The third kappa shape index (κ3) is 4.24. The fourth-order valence-corrected chi connectivity index (χ4v) is 5.39. The average molecular weight is 457 g/mol. The van der Waals surface area contributed by atoms with E-state index >= 15 is 0 Å². The van der Waals surface area contributed by atoms with Crippen LogP contribution >= 0.6 is 11.8 Å². The molecule has 0 fully saturated rings. The molecule has 0 spiro atoms. The van der Waals surface area contributed by atoms with Crippen molar-refractivity contribution < 1.29 is 13.2 Å². The summed E-state index contributed by atoms with van der Waals surface area (Å²) in [5.41, 5.74) is 7.10. The Morgan fingerprint density at radius 2 is 1.90 bits per heavy atom. The second-order valence-corrected chi connectivity index (χ2v) is 11.8. The van der Waals surface area contributed by atoms with E-state index in [4.69, 9.17) is 5.41 Å². The Kier molecular flexibility index (Phi) is 5.43. The van der Waals surface area contributed by atoms with Gasteiger partial charge in [0.15, 0.2) is 9.84 Å². The Morgan fingerprint density at radius 1 is 1.19 bits per heavy atom. The minimum absolute atomic E-state index is 0.159. The number of hydrogen-bond acceptors (Lipinski definition) is 6. The Morgan fingerprint density at radius 3 is 2.55 bits per heavy atom. The monoisotopic (exact) mass is 456 g/mol. The summed E-state index contributed by atoms with van der Waals surface area (Å²) in [6.07, 6.45) is 2.97. The summed E-state index contributed by atoms with van der Waals surface area (Å²) < 4.78 is 23.0. The van der Waals surface area contributed by atoms with Crippen LogP contribution in [0.25, 0.3) is 0 Å². The fraction of sp³-hybridized carbons (Fsp3) is 0.318. The highest BCUT2D eigenvalue weighted by Crippen LogP contribution is 2.35. The first kappa shape index (κ1) is 21.6. The number of benzene rings is 2. The van der Waals surface area contributed by atoms with Crippen LogP contribution in [-0.4, -0.2) is 42.8 Å². The predicted molar refractivity (Wildman–Crippen MR) is 125 cm³/mol. The highest BCUT2D eigenvalue weighted by molar-refractivity contribution is 8.15. The number of amides is 1. The zero-order valence-electron chi connectivity index (χ0n) is 17.6. The van der Waals surface area contributed by atoms with Gasteiger partial charge in [0.05, 0.1) is 15.4 Å². The second-order valence-electron chi connectivity index (χ2n) is 8.22. The zero-order valence-corrected chi connectivity index (χ0v) is 19.2. The van der Waals surface area contributed by atoms with Gasteiger partial charge < -0.3 is 4.90 Å². The lowest BCUT2D eigenvalue weighted by atomic mass is 9.93. The first-order chi connectivity index (χ1) is 14.6. The minimum Gasteiger partial charge on any atom is -0.326 e. The van der Waals surface area contributed by atoms with Crippen LogP contribution in [0, 0.1) is 5.41 Å². The number of carbonyl (C=O) groups excluding carboxylic acids is 1. The Hall–Kier alpha value is -2.65. The van der Waals surface area contributed by atoms with Crippen LogP contribution < -0.4 is 10.3 Å². The Labute approximate surface area is 186 Å². The number of amidine groups is 1. The molecular formula is C22H24N4O3S2. The lowest BCUT2D eigenvalue weighted by Gasteiger charge is -2.33. The molecule has 2 aromatic carbocycles. The molecule has 0 atom stereocenters. The standard InChI is InChI=1S/C22H24N4O3S2/c1-22(2)19(24-25-21(27)30-22)16-8-11-18-15(13-16)5-4-12-26(18)20(23)14-6-9-17(10-7-14)31(3,28)29/h6-11,13,23H,4-5,12H2,1-3H3,(H,25,27). The number of carbonyl (C=O) groups is 1. The van der Waals surface area contributed by atoms with Gasteiger partial charge in [0.2, 0.25) is 0 Å². The normalized spacial score (nSPS) is 18.1. The number of aryl methyl sites for hydroxylation is 1. The summed E-state index contributed by atoms with van der Waals surface area (Å²) in [6, 6.07) is 12.5. The molecule has 0 saturated carbocycles. The van der Waals surface area contributed by atoms with E-state index in [-0.39, 0.29) is 10.1 Å². The van der Waals surface area contributed by atoms with Gasteiger partial charge in [-0.25, -0.2) is 13.8 Å². The molecule has 7 nitrogen and oxygen atoms in total. The van der Waals surface area contributed by atoms with Crippen LogP contribution in [-0.2, 0) is 16.3 Å². The number of sulfone groups is 1. The molecule has 162 valence electrons. The molecule has 0 saturated heterocycles. The van der Waals surface area contributed by atoms with Gasteiger partial charge in [-0.3, -0.25) is 10.2 Å². The second kappa shape index (κ2) is 7.80. The Balaban J connectivity index is 1.65. The molecule has 2 aromatic rings. The highest BCUT2D eigenvalue weighted by Gasteiger charge is 2.34. The zero-order chi connectivity index (χ0) is 22.4. The van der Waals surface area contributed by atoms with Crippen LogP contribution in [0.5, 0.6) is 0 Å². The minimum atomic E-state index is -3.27. The molecule has 2 N–H and O–H groups in total. The summed E-state index contributed by atoms with van der Waals surface area (Å²) in [5.74, 6) is 0.340.